The Labute approximate surface area is 142 Å². The van der Waals surface area contributed by atoms with Crippen molar-refractivity contribution in [3.8, 4) is 0 Å². The lowest BCUT2D eigenvalue weighted by atomic mass is 9.95. The molecule has 1 heterocycles. The van der Waals surface area contributed by atoms with Gasteiger partial charge in [-0.25, -0.2) is 0 Å². The Hall–Kier alpha value is -1.84. The second kappa shape index (κ2) is 6.51. The van der Waals surface area contributed by atoms with Crippen LogP contribution in [0, 0.1) is 0 Å². The number of carbonyl (C=O) groups is 1. The van der Waals surface area contributed by atoms with Crippen molar-refractivity contribution < 1.29 is 4.79 Å². The predicted octanol–water partition coefficient (Wildman–Crippen LogP) is 5.05. The summed E-state index contributed by atoms with van der Waals surface area (Å²) in [5, 5.41) is 0.635. The number of para-hydroxylation sites is 1. The fourth-order valence-corrected chi connectivity index (χ4v) is 3.25. The molecule has 0 bridgehead atoms. The van der Waals surface area contributed by atoms with Crippen LogP contribution < -0.4 is 4.90 Å². The van der Waals surface area contributed by atoms with E-state index in [4.69, 9.17) is 11.6 Å². The van der Waals surface area contributed by atoms with E-state index in [0.717, 1.165) is 27.6 Å². The van der Waals surface area contributed by atoms with Crippen LogP contribution in [0.2, 0.25) is 5.02 Å². The van der Waals surface area contributed by atoms with E-state index in [0.29, 0.717) is 5.02 Å². The number of allylic oxidation sites excluding steroid dienone is 2. The average molecular weight is 375 g/mol. The quantitative estimate of drug-likeness (QED) is 0.701. The first-order valence-corrected chi connectivity index (χ1v) is 8.00. The summed E-state index contributed by atoms with van der Waals surface area (Å²) < 4.78 is 0.893. The van der Waals surface area contributed by atoms with Crippen molar-refractivity contribution in [3.63, 3.8) is 0 Å². The summed E-state index contributed by atoms with van der Waals surface area (Å²) in [5.74, 6) is 0. The summed E-state index contributed by atoms with van der Waals surface area (Å²) in [6, 6.07) is 17.0. The number of anilines is 1. The maximum Gasteiger partial charge on any atom is 0.147 e. The van der Waals surface area contributed by atoms with Gasteiger partial charge in [0, 0.05) is 21.4 Å². The molecule has 4 heteroatoms. The Morgan fingerprint density at radius 2 is 1.73 bits per heavy atom. The lowest BCUT2D eigenvalue weighted by Crippen LogP contribution is -2.35. The number of rotatable bonds is 3. The number of hydrogen-bond donors (Lipinski definition) is 0. The van der Waals surface area contributed by atoms with Gasteiger partial charge in [-0.15, -0.1) is 0 Å². The van der Waals surface area contributed by atoms with Gasteiger partial charge in [0.1, 0.15) is 12.3 Å². The normalized spacial score (nSPS) is 17.7. The van der Waals surface area contributed by atoms with Crippen LogP contribution >= 0.6 is 27.5 Å². The zero-order valence-electron chi connectivity index (χ0n) is 11.6. The minimum Gasteiger partial charge on any atom is -0.333 e. The van der Waals surface area contributed by atoms with Crippen molar-refractivity contribution >= 4 is 45.1 Å². The molecular formula is C18H13BrClNO. The van der Waals surface area contributed by atoms with E-state index < -0.39 is 6.04 Å². The molecule has 0 saturated carbocycles. The van der Waals surface area contributed by atoms with Crippen LogP contribution in [0.5, 0.6) is 0 Å². The molecule has 0 amide bonds. The van der Waals surface area contributed by atoms with E-state index in [1.165, 1.54) is 0 Å². The largest absolute Gasteiger partial charge is 0.333 e. The number of halogens is 2. The summed E-state index contributed by atoms with van der Waals surface area (Å²) >= 11 is 9.84. The van der Waals surface area contributed by atoms with Gasteiger partial charge in [-0.05, 0) is 51.3 Å². The lowest BCUT2D eigenvalue weighted by molar-refractivity contribution is -0.107. The Bertz CT molecular complexity index is 755. The Morgan fingerprint density at radius 1 is 1.05 bits per heavy atom. The molecule has 0 spiro atoms. The van der Waals surface area contributed by atoms with Gasteiger partial charge in [0.15, 0.2) is 0 Å². The number of nitrogens with zero attached hydrogens (tertiary/aromatic N) is 1. The monoisotopic (exact) mass is 373 g/mol. The average Bonchev–Trinajstić information content (AvgIpc) is 2.55. The Kier molecular flexibility index (Phi) is 4.46. The van der Waals surface area contributed by atoms with Gasteiger partial charge in [-0.2, -0.15) is 0 Å². The van der Waals surface area contributed by atoms with Crippen LogP contribution in [-0.4, -0.2) is 12.3 Å². The van der Waals surface area contributed by atoms with E-state index in [-0.39, 0.29) is 0 Å². The minimum absolute atomic E-state index is 0.413. The predicted molar refractivity (Wildman–Crippen MR) is 95.2 cm³/mol. The summed E-state index contributed by atoms with van der Waals surface area (Å²) in [5.41, 5.74) is 2.69. The second-order valence-corrected chi connectivity index (χ2v) is 6.24. The molecule has 0 radical (unpaired) electrons. The molecule has 0 fully saturated rings. The summed E-state index contributed by atoms with van der Waals surface area (Å²) in [7, 11) is 0. The Balaban J connectivity index is 2.10. The molecule has 22 heavy (non-hydrogen) atoms. The first-order valence-electron chi connectivity index (χ1n) is 6.83. The third kappa shape index (κ3) is 2.87. The van der Waals surface area contributed by atoms with Gasteiger partial charge in [0.25, 0.3) is 0 Å². The van der Waals surface area contributed by atoms with Crippen LogP contribution in [0.15, 0.2) is 71.4 Å². The molecule has 0 N–H and O–H groups in total. The maximum atomic E-state index is 11.8. The van der Waals surface area contributed by atoms with Crippen molar-refractivity contribution in [2.45, 2.75) is 6.04 Å². The van der Waals surface area contributed by atoms with E-state index >= 15 is 0 Å². The first kappa shape index (κ1) is 15.1. The molecule has 110 valence electrons. The zero-order chi connectivity index (χ0) is 15.5. The van der Waals surface area contributed by atoms with Crippen LogP contribution in [0.25, 0.3) is 5.57 Å². The van der Waals surface area contributed by atoms with Gasteiger partial charge < -0.3 is 9.69 Å². The van der Waals surface area contributed by atoms with Crippen LogP contribution in [-0.2, 0) is 4.79 Å². The molecule has 0 saturated heterocycles. The highest BCUT2D eigenvalue weighted by atomic mass is 79.9. The third-order valence-corrected chi connectivity index (χ3v) is 4.31. The van der Waals surface area contributed by atoms with Crippen molar-refractivity contribution in [1.29, 1.82) is 0 Å². The van der Waals surface area contributed by atoms with Crippen molar-refractivity contribution in [3.05, 3.63) is 81.9 Å². The van der Waals surface area contributed by atoms with Crippen LogP contribution in [0.4, 0.5) is 5.69 Å². The number of aldehydes is 1. The highest BCUT2D eigenvalue weighted by Gasteiger charge is 2.27. The van der Waals surface area contributed by atoms with E-state index in [1.54, 1.807) is 0 Å². The van der Waals surface area contributed by atoms with Gasteiger partial charge in [-0.3, -0.25) is 0 Å². The molecule has 2 aromatic rings. The molecule has 0 aliphatic carbocycles. The van der Waals surface area contributed by atoms with Gasteiger partial charge in [0.2, 0.25) is 0 Å². The molecule has 2 nitrogen and oxygen atoms in total. The highest BCUT2D eigenvalue weighted by Crippen LogP contribution is 2.35. The summed E-state index contributed by atoms with van der Waals surface area (Å²) in [6.45, 7) is 0. The second-order valence-electron chi connectivity index (χ2n) is 4.92. The fourth-order valence-electron chi connectivity index (χ4n) is 2.54. The van der Waals surface area contributed by atoms with Gasteiger partial charge >= 0.3 is 0 Å². The standard InChI is InChI=1S/C18H13BrClNO/c19-13-10-16(15-8-4-5-9-17(15)20)18(12-22)21(11-13)14-6-2-1-3-7-14/h1-12,18H. The van der Waals surface area contributed by atoms with Crippen LogP contribution in [0.1, 0.15) is 5.56 Å². The first-order chi connectivity index (χ1) is 10.7. The van der Waals surface area contributed by atoms with Gasteiger partial charge in [-0.1, -0.05) is 48.0 Å². The summed E-state index contributed by atoms with van der Waals surface area (Å²) in [4.78, 5) is 13.7. The number of carbonyl (C=O) groups excluding carboxylic acids is 1. The van der Waals surface area contributed by atoms with E-state index in [1.807, 2.05) is 71.8 Å². The molecule has 2 aromatic carbocycles. The van der Waals surface area contributed by atoms with Crippen molar-refractivity contribution in [2.24, 2.45) is 0 Å². The van der Waals surface area contributed by atoms with Crippen LogP contribution in [0.3, 0.4) is 0 Å². The van der Waals surface area contributed by atoms with Gasteiger partial charge in [0.05, 0.1) is 0 Å². The molecule has 1 atom stereocenters. The molecule has 1 aliphatic rings. The number of benzene rings is 2. The molecule has 1 unspecified atom stereocenters. The Morgan fingerprint density at radius 3 is 2.41 bits per heavy atom. The third-order valence-electron chi connectivity index (χ3n) is 3.54. The number of hydrogen-bond acceptors (Lipinski definition) is 2. The zero-order valence-corrected chi connectivity index (χ0v) is 14.0. The van der Waals surface area contributed by atoms with Crippen molar-refractivity contribution in [2.75, 3.05) is 4.90 Å². The SMILES string of the molecule is O=CC1C(c2ccccc2Cl)=CC(Br)=CN1c1ccccc1. The molecule has 1 aliphatic heterocycles. The molecular weight excluding hydrogens is 362 g/mol. The van der Waals surface area contributed by atoms with E-state index in [2.05, 4.69) is 15.9 Å². The summed E-state index contributed by atoms with van der Waals surface area (Å²) in [6.07, 6.45) is 4.80. The smallest absolute Gasteiger partial charge is 0.147 e. The highest BCUT2D eigenvalue weighted by molar-refractivity contribution is 9.11. The van der Waals surface area contributed by atoms with Crippen molar-refractivity contribution in [1.82, 2.24) is 0 Å². The maximum absolute atomic E-state index is 11.8. The topological polar surface area (TPSA) is 20.3 Å². The lowest BCUT2D eigenvalue weighted by Gasteiger charge is -2.32. The fraction of sp³-hybridized carbons (Fsp3) is 0.0556. The van der Waals surface area contributed by atoms with E-state index in [9.17, 15) is 4.79 Å². The molecule has 0 aromatic heterocycles. The molecule has 3 rings (SSSR count). The minimum atomic E-state index is -0.413.